The number of carbonyl (C=O) groups excluding carboxylic acids is 1. The largest absolute Gasteiger partial charge is 0.371 e. The number of rotatable bonds is 7. The molecule has 1 unspecified atom stereocenters. The summed E-state index contributed by atoms with van der Waals surface area (Å²) in [6, 6.07) is 10.5. The van der Waals surface area contributed by atoms with E-state index >= 15 is 0 Å². The summed E-state index contributed by atoms with van der Waals surface area (Å²) in [6.45, 7) is 4.40. The third-order valence-electron chi connectivity index (χ3n) is 4.63. The standard InChI is InChI=1S/C19H25N3O2/c1-16-20-10-12-21(16)14-18-8-5-11-22(18)19(23)15-24-13-9-17-6-3-2-4-7-17/h2-4,6-7,10,12,18H,5,8-9,11,13-15H2,1H3. The van der Waals surface area contributed by atoms with Gasteiger partial charge in [-0.25, -0.2) is 4.98 Å². The number of carbonyl (C=O) groups is 1. The molecular formula is C19H25N3O2. The zero-order valence-corrected chi connectivity index (χ0v) is 14.2. The van der Waals surface area contributed by atoms with Crippen molar-refractivity contribution >= 4 is 5.91 Å². The molecule has 1 atom stereocenters. The molecule has 1 fully saturated rings. The molecule has 0 radical (unpaired) electrons. The summed E-state index contributed by atoms with van der Waals surface area (Å²) in [5.74, 6) is 1.09. The second-order valence-corrected chi connectivity index (χ2v) is 6.30. The molecule has 0 spiro atoms. The first-order valence-corrected chi connectivity index (χ1v) is 8.63. The highest BCUT2D eigenvalue weighted by molar-refractivity contribution is 5.78. The number of benzene rings is 1. The van der Waals surface area contributed by atoms with Gasteiger partial charge in [-0.05, 0) is 31.7 Å². The highest BCUT2D eigenvalue weighted by atomic mass is 16.5. The number of hydrogen-bond donors (Lipinski definition) is 0. The van der Waals surface area contributed by atoms with Crippen LogP contribution >= 0.6 is 0 Å². The Balaban J connectivity index is 1.44. The minimum absolute atomic E-state index is 0.100. The van der Waals surface area contributed by atoms with Crippen LogP contribution < -0.4 is 0 Å². The molecule has 0 N–H and O–H groups in total. The number of amides is 1. The molecule has 0 saturated carbocycles. The third kappa shape index (κ3) is 4.23. The van der Waals surface area contributed by atoms with Crippen LogP contribution in [0.5, 0.6) is 0 Å². The average Bonchev–Trinajstić information content (AvgIpc) is 3.22. The van der Waals surface area contributed by atoms with Gasteiger partial charge in [-0.15, -0.1) is 0 Å². The summed E-state index contributed by atoms with van der Waals surface area (Å²) >= 11 is 0. The summed E-state index contributed by atoms with van der Waals surface area (Å²) in [7, 11) is 0. The van der Waals surface area contributed by atoms with E-state index in [2.05, 4.69) is 21.7 Å². The number of ether oxygens (including phenoxy) is 1. The van der Waals surface area contributed by atoms with Gasteiger partial charge in [0.2, 0.25) is 5.91 Å². The maximum Gasteiger partial charge on any atom is 0.248 e. The van der Waals surface area contributed by atoms with E-state index in [9.17, 15) is 4.79 Å². The van der Waals surface area contributed by atoms with Crippen molar-refractivity contribution < 1.29 is 9.53 Å². The predicted octanol–water partition coefficient (Wildman–Crippen LogP) is 2.44. The van der Waals surface area contributed by atoms with Gasteiger partial charge in [-0.3, -0.25) is 4.79 Å². The van der Waals surface area contributed by atoms with Crippen molar-refractivity contribution in [3.8, 4) is 0 Å². The second kappa shape index (κ2) is 8.11. The summed E-state index contributed by atoms with van der Waals surface area (Å²) in [5, 5.41) is 0. The fourth-order valence-corrected chi connectivity index (χ4v) is 3.25. The lowest BCUT2D eigenvalue weighted by Gasteiger charge is -2.25. The lowest BCUT2D eigenvalue weighted by molar-refractivity contribution is -0.137. The van der Waals surface area contributed by atoms with Crippen LogP contribution in [0.2, 0.25) is 0 Å². The molecule has 0 aliphatic carbocycles. The highest BCUT2D eigenvalue weighted by Gasteiger charge is 2.28. The molecule has 2 aromatic rings. The first-order valence-electron chi connectivity index (χ1n) is 8.63. The number of hydrogen-bond acceptors (Lipinski definition) is 3. The molecule has 1 aliphatic rings. The molecule has 1 aromatic heterocycles. The van der Waals surface area contributed by atoms with Crippen LogP contribution in [0.3, 0.4) is 0 Å². The van der Waals surface area contributed by atoms with E-state index in [1.807, 2.05) is 42.4 Å². The number of nitrogens with zero attached hydrogens (tertiary/aromatic N) is 3. The number of imidazole rings is 1. The van der Waals surface area contributed by atoms with Gasteiger partial charge in [0.25, 0.3) is 0 Å². The van der Waals surface area contributed by atoms with Crippen molar-refractivity contribution in [3.63, 3.8) is 0 Å². The van der Waals surface area contributed by atoms with Gasteiger partial charge in [0.05, 0.1) is 6.61 Å². The van der Waals surface area contributed by atoms with Crippen molar-refractivity contribution in [2.75, 3.05) is 19.8 Å². The van der Waals surface area contributed by atoms with E-state index in [0.29, 0.717) is 6.61 Å². The third-order valence-corrected chi connectivity index (χ3v) is 4.63. The predicted molar refractivity (Wildman–Crippen MR) is 92.7 cm³/mol. The first-order chi connectivity index (χ1) is 11.7. The van der Waals surface area contributed by atoms with E-state index in [4.69, 9.17) is 4.74 Å². The summed E-state index contributed by atoms with van der Waals surface area (Å²) in [4.78, 5) is 18.7. The second-order valence-electron chi connectivity index (χ2n) is 6.30. The van der Waals surface area contributed by atoms with Gasteiger partial charge in [0, 0.05) is 31.5 Å². The maximum absolute atomic E-state index is 12.5. The number of likely N-dealkylation sites (tertiary alicyclic amines) is 1. The van der Waals surface area contributed by atoms with Gasteiger partial charge in [-0.2, -0.15) is 0 Å². The SMILES string of the molecule is Cc1nccn1CC1CCCN1C(=O)COCCc1ccccc1. The molecule has 3 rings (SSSR count). The van der Waals surface area contributed by atoms with Crippen molar-refractivity contribution in [1.82, 2.24) is 14.5 Å². The molecule has 1 amide bonds. The van der Waals surface area contributed by atoms with E-state index in [1.165, 1.54) is 5.56 Å². The summed E-state index contributed by atoms with van der Waals surface area (Å²) < 4.78 is 7.73. The van der Waals surface area contributed by atoms with E-state index in [1.54, 1.807) is 0 Å². The van der Waals surface area contributed by atoms with Crippen LogP contribution in [0.4, 0.5) is 0 Å². The smallest absolute Gasteiger partial charge is 0.248 e. The Morgan fingerprint density at radius 1 is 1.33 bits per heavy atom. The topological polar surface area (TPSA) is 47.4 Å². The fourth-order valence-electron chi connectivity index (χ4n) is 3.25. The van der Waals surface area contributed by atoms with Crippen LogP contribution in [0, 0.1) is 6.92 Å². The monoisotopic (exact) mass is 327 g/mol. The minimum Gasteiger partial charge on any atom is -0.371 e. The zero-order valence-electron chi connectivity index (χ0n) is 14.2. The van der Waals surface area contributed by atoms with Crippen LogP contribution in [0.15, 0.2) is 42.7 Å². The maximum atomic E-state index is 12.5. The first kappa shape index (κ1) is 16.7. The molecule has 2 heterocycles. The Kier molecular flexibility index (Phi) is 5.64. The molecule has 5 nitrogen and oxygen atoms in total. The van der Waals surface area contributed by atoms with Crippen molar-refractivity contribution in [3.05, 3.63) is 54.1 Å². The van der Waals surface area contributed by atoms with Crippen molar-refractivity contribution in [2.45, 2.75) is 38.8 Å². The van der Waals surface area contributed by atoms with E-state index < -0.39 is 0 Å². The Morgan fingerprint density at radius 2 is 2.17 bits per heavy atom. The lowest BCUT2D eigenvalue weighted by Crippen LogP contribution is -2.40. The summed E-state index contributed by atoms with van der Waals surface area (Å²) in [6.07, 6.45) is 6.74. The molecule has 0 bridgehead atoms. The molecular weight excluding hydrogens is 302 g/mol. The van der Waals surface area contributed by atoms with Crippen molar-refractivity contribution in [1.29, 1.82) is 0 Å². The Hall–Kier alpha value is -2.14. The van der Waals surface area contributed by atoms with Gasteiger partial charge in [0.15, 0.2) is 0 Å². The van der Waals surface area contributed by atoms with Gasteiger partial charge >= 0.3 is 0 Å². The Labute approximate surface area is 143 Å². The minimum atomic E-state index is 0.100. The molecule has 5 heteroatoms. The Morgan fingerprint density at radius 3 is 2.92 bits per heavy atom. The molecule has 1 saturated heterocycles. The van der Waals surface area contributed by atoms with E-state index in [-0.39, 0.29) is 18.6 Å². The van der Waals surface area contributed by atoms with Crippen LogP contribution in [0.1, 0.15) is 24.2 Å². The number of aryl methyl sites for hydroxylation is 1. The Bertz CT molecular complexity index is 654. The van der Waals surface area contributed by atoms with Gasteiger partial charge in [0.1, 0.15) is 12.4 Å². The number of aromatic nitrogens is 2. The highest BCUT2D eigenvalue weighted by Crippen LogP contribution is 2.19. The van der Waals surface area contributed by atoms with Gasteiger partial charge in [-0.1, -0.05) is 30.3 Å². The molecule has 24 heavy (non-hydrogen) atoms. The zero-order chi connectivity index (χ0) is 16.8. The fraction of sp³-hybridized carbons (Fsp3) is 0.474. The quantitative estimate of drug-likeness (QED) is 0.734. The normalized spacial score (nSPS) is 17.4. The average molecular weight is 327 g/mol. The van der Waals surface area contributed by atoms with Crippen LogP contribution in [-0.4, -0.2) is 46.2 Å². The van der Waals surface area contributed by atoms with Crippen LogP contribution in [0.25, 0.3) is 0 Å². The molecule has 1 aromatic carbocycles. The lowest BCUT2D eigenvalue weighted by atomic mass is 10.2. The molecule has 1 aliphatic heterocycles. The summed E-state index contributed by atoms with van der Waals surface area (Å²) in [5.41, 5.74) is 1.24. The van der Waals surface area contributed by atoms with Crippen molar-refractivity contribution in [2.24, 2.45) is 0 Å². The van der Waals surface area contributed by atoms with Crippen LogP contribution in [-0.2, 0) is 22.5 Å². The molecule has 128 valence electrons. The van der Waals surface area contributed by atoms with Gasteiger partial charge < -0.3 is 14.2 Å². The van der Waals surface area contributed by atoms with E-state index in [0.717, 1.165) is 38.2 Å².